The van der Waals surface area contributed by atoms with Crippen molar-refractivity contribution in [2.24, 2.45) is 10.2 Å². The number of halogens is 1. The zero-order chi connectivity index (χ0) is 20.8. The van der Waals surface area contributed by atoms with Crippen molar-refractivity contribution in [2.75, 3.05) is 0 Å². The quantitative estimate of drug-likeness (QED) is 0.277. The van der Waals surface area contributed by atoms with E-state index in [0.717, 1.165) is 12.3 Å². The van der Waals surface area contributed by atoms with Crippen LogP contribution in [-0.2, 0) is 0 Å². The third-order valence-corrected chi connectivity index (χ3v) is 4.15. The fourth-order valence-electron chi connectivity index (χ4n) is 2.55. The standard InChI is InChI=1S/C21H14ClN3O4/c22-17-11-16(20(26)18(12-17)25(28)29)13-23-24-19(14-7-3-1-4-8-14)21(27)15-9-5-2-6-10-15/h1-13,26H. The van der Waals surface area contributed by atoms with Crippen molar-refractivity contribution in [3.05, 3.63) is 105 Å². The summed E-state index contributed by atoms with van der Waals surface area (Å²) in [6, 6.07) is 19.7. The normalized spacial score (nSPS) is 11.6. The lowest BCUT2D eigenvalue weighted by molar-refractivity contribution is -0.385. The lowest BCUT2D eigenvalue weighted by Crippen LogP contribution is -2.15. The van der Waals surface area contributed by atoms with E-state index in [0.29, 0.717) is 11.1 Å². The van der Waals surface area contributed by atoms with Gasteiger partial charge >= 0.3 is 5.69 Å². The third kappa shape index (κ3) is 4.72. The number of aromatic hydroxyl groups is 1. The molecule has 0 aliphatic rings. The van der Waals surface area contributed by atoms with E-state index in [-0.39, 0.29) is 22.1 Å². The third-order valence-electron chi connectivity index (χ3n) is 3.93. The number of phenols is 1. The molecular formula is C21H14ClN3O4. The number of hydrogen-bond acceptors (Lipinski definition) is 6. The molecule has 1 N–H and O–H groups in total. The van der Waals surface area contributed by atoms with E-state index < -0.39 is 16.4 Å². The summed E-state index contributed by atoms with van der Waals surface area (Å²) in [4.78, 5) is 23.1. The van der Waals surface area contributed by atoms with Gasteiger partial charge in [-0.1, -0.05) is 72.3 Å². The summed E-state index contributed by atoms with van der Waals surface area (Å²) >= 11 is 5.87. The lowest BCUT2D eigenvalue weighted by atomic mass is 10.0. The maximum atomic E-state index is 12.9. The van der Waals surface area contributed by atoms with Gasteiger partial charge in [-0.15, -0.1) is 5.10 Å². The van der Waals surface area contributed by atoms with Crippen molar-refractivity contribution in [1.82, 2.24) is 0 Å². The molecule has 0 atom stereocenters. The number of Topliss-reactive ketones (excluding diaryl/α,β-unsaturated/α-hetero) is 1. The topological polar surface area (TPSA) is 105 Å². The molecule has 0 aliphatic carbocycles. The van der Waals surface area contributed by atoms with Crippen molar-refractivity contribution in [2.45, 2.75) is 0 Å². The predicted molar refractivity (Wildman–Crippen MR) is 111 cm³/mol. The second kappa shape index (κ2) is 8.90. The van der Waals surface area contributed by atoms with Crippen molar-refractivity contribution in [3.63, 3.8) is 0 Å². The van der Waals surface area contributed by atoms with E-state index in [9.17, 15) is 20.0 Å². The zero-order valence-corrected chi connectivity index (χ0v) is 15.7. The Bertz CT molecular complexity index is 1110. The minimum Gasteiger partial charge on any atom is -0.502 e. The number of nitro benzene ring substituents is 1. The van der Waals surface area contributed by atoms with E-state index >= 15 is 0 Å². The van der Waals surface area contributed by atoms with Crippen LogP contribution >= 0.6 is 11.6 Å². The van der Waals surface area contributed by atoms with Gasteiger partial charge in [-0.05, 0) is 6.07 Å². The average Bonchev–Trinajstić information content (AvgIpc) is 2.74. The minimum atomic E-state index is -0.754. The molecule has 3 aromatic carbocycles. The number of nitro groups is 1. The van der Waals surface area contributed by atoms with Crippen LogP contribution < -0.4 is 0 Å². The lowest BCUT2D eigenvalue weighted by Gasteiger charge is -2.05. The van der Waals surface area contributed by atoms with Gasteiger partial charge in [0.25, 0.3) is 0 Å². The van der Waals surface area contributed by atoms with E-state index in [1.165, 1.54) is 6.07 Å². The molecule has 0 fully saturated rings. The Morgan fingerprint density at radius 1 is 1.00 bits per heavy atom. The van der Waals surface area contributed by atoms with Crippen LogP contribution in [0.25, 0.3) is 0 Å². The van der Waals surface area contributed by atoms with E-state index in [2.05, 4.69) is 10.2 Å². The van der Waals surface area contributed by atoms with E-state index in [1.807, 2.05) is 0 Å². The molecule has 29 heavy (non-hydrogen) atoms. The zero-order valence-electron chi connectivity index (χ0n) is 14.9. The molecule has 0 heterocycles. The number of carbonyl (C=O) groups excluding carboxylic acids is 1. The number of phenolic OH excluding ortho intramolecular Hbond substituents is 1. The summed E-state index contributed by atoms with van der Waals surface area (Å²) in [5.41, 5.74) is 0.537. The van der Waals surface area contributed by atoms with Crippen LogP contribution in [0.1, 0.15) is 21.5 Å². The number of benzene rings is 3. The monoisotopic (exact) mass is 407 g/mol. The van der Waals surface area contributed by atoms with Gasteiger partial charge in [0, 0.05) is 27.8 Å². The van der Waals surface area contributed by atoms with Gasteiger partial charge in [0.1, 0.15) is 5.71 Å². The molecule has 3 rings (SSSR count). The highest BCUT2D eigenvalue weighted by atomic mass is 35.5. The van der Waals surface area contributed by atoms with Gasteiger partial charge in [-0.2, -0.15) is 5.10 Å². The Labute approximate surface area is 170 Å². The highest BCUT2D eigenvalue weighted by Gasteiger charge is 2.18. The van der Waals surface area contributed by atoms with Crippen LogP contribution in [-0.4, -0.2) is 27.7 Å². The Morgan fingerprint density at radius 3 is 2.17 bits per heavy atom. The molecule has 0 saturated heterocycles. The molecule has 0 aromatic heterocycles. The van der Waals surface area contributed by atoms with Gasteiger partial charge in [0.15, 0.2) is 0 Å². The van der Waals surface area contributed by atoms with Crippen LogP contribution in [0.15, 0.2) is 83.0 Å². The molecule has 0 unspecified atom stereocenters. The van der Waals surface area contributed by atoms with E-state index in [4.69, 9.17) is 11.6 Å². The Balaban J connectivity index is 2.02. The first-order valence-corrected chi connectivity index (χ1v) is 8.78. The van der Waals surface area contributed by atoms with Crippen molar-refractivity contribution in [1.29, 1.82) is 0 Å². The molecular weight excluding hydrogens is 394 g/mol. The van der Waals surface area contributed by atoms with Crippen molar-refractivity contribution in [3.8, 4) is 5.75 Å². The molecule has 0 saturated carbocycles. The van der Waals surface area contributed by atoms with Crippen LogP contribution in [0.2, 0.25) is 5.02 Å². The first-order valence-electron chi connectivity index (χ1n) is 8.40. The summed E-state index contributed by atoms with van der Waals surface area (Å²) in [5.74, 6) is -0.927. The van der Waals surface area contributed by atoms with E-state index in [1.54, 1.807) is 60.7 Å². The van der Waals surface area contributed by atoms with Crippen LogP contribution in [0.5, 0.6) is 5.75 Å². The molecule has 144 valence electrons. The van der Waals surface area contributed by atoms with Crippen LogP contribution in [0, 0.1) is 10.1 Å². The highest BCUT2D eigenvalue weighted by molar-refractivity contribution is 6.51. The molecule has 8 heteroatoms. The van der Waals surface area contributed by atoms with Gasteiger partial charge in [0.05, 0.1) is 11.1 Å². The number of nitrogens with zero attached hydrogens (tertiary/aromatic N) is 3. The van der Waals surface area contributed by atoms with Gasteiger partial charge in [0.2, 0.25) is 11.5 Å². The first kappa shape index (κ1) is 19.9. The molecule has 3 aromatic rings. The summed E-state index contributed by atoms with van der Waals surface area (Å²) < 4.78 is 0. The molecule has 0 amide bonds. The summed E-state index contributed by atoms with van der Waals surface area (Å²) in [6.45, 7) is 0. The van der Waals surface area contributed by atoms with Gasteiger partial charge < -0.3 is 5.11 Å². The number of carbonyl (C=O) groups is 1. The SMILES string of the molecule is O=C(C(=NN=Cc1cc(Cl)cc([N+](=O)[O-])c1O)c1ccccc1)c1ccccc1. The van der Waals surface area contributed by atoms with Crippen molar-refractivity contribution < 1.29 is 14.8 Å². The Hall–Kier alpha value is -3.84. The summed E-state index contributed by atoms with van der Waals surface area (Å²) in [7, 11) is 0. The fraction of sp³-hybridized carbons (Fsp3) is 0. The smallest absolute Gasteiger partial charge is 0.312 e. The molecule has 0 spiro atoms. The fourth-order valence-corrected chi connectivity index (χ4v) is 2.77. The Morgan fingerprint density at radius 2 is 1.59 bits per heavy atom. The van der Waals surface area contributed by atoms with Crippen LogP contribution in [0.4, 0.5) is 5.69 Å². The minimum absolute atomic E-state index is 0.00696. The van der Waals surface area contributed by atoms with Crippen molar-refractivity contribution >= 4 is 35.0 Å². The average molecular weight is 408 g/mol. The predicted octanol–water partition coefficient (Wildman–Crippen LogP) is 4.66. The van der Waals surface area contributed by atoms with Gasteiger partial charge in [-0.3, -0.25) is 14.9 Å². The van der Waals surface area contributed by atoms with Gasteiger partial charge in [-0.25, -0.2) is 0 Å². The number of ketones is 1. The summed E-state index contributed by atoms with van der Waals surface area (Å²) in [6.07, 6.45) is 1.11. The number of rotatable bonds is 6. The Kier molecular flexibility index (Phi) is 6.11. The highest BCUT2D eigenvalue weighted by Crippen LogP contribution is 2.32. The second-order valence-electron chi connectivity index (χ2n) is 5.87. The molecule has 0 bridgehead atoms. The molecule has 7 nitrogen and oxygen atoms in total. The largest absolute Gasteiger partial charge is 0.502 e. The molecule has 0 radical (unpaired) electrons. The maximum absolute atomic E-state index is 12.9. The molecule has 0 aliphatic heterocycles. The second-order valence-corrected chi connectivity index (χ2v) is 6.31. The van der Waals surface area contributed by atoms with Crippen LogP contribution in [0.3, 0.4) is 0 Å². The number of hydrogen-bond donors (Lipinski definition) is 1. The maximum Gasteiger partial charge on any atom is 0.312 e. The first-order chi connectivity index (χ1) is 14.0. The summed E-state index contributed by atoms with van der Waals surface area (Å²) in [5, 5.41) is 29.0.